The largest absolute Gasteiger partial charge is 2.00 e. The maximum absolute atomic E-state index is 5.48. The monoisotopic (exact) mass is 783 g/mol. The number of nitrogens with zero attached hydrogens (tertiary/aromatic N) is 4. The number of fused-ring (bicyclic) bond motifs is 1. The van der Waals surface area contributed by atoms with Gasteiger partial charge in [-0.1, -0.05) is 96.7 Å². The molecule has 0 spiro atoms. The Balaban J connectivity index is 0.00000351. The second kappa shape index (κ2) is 13.4. The van der Waals surface area contributed by atoms with E-state index in [2.05, 4.69) is 131 Å². The zero-order valence-electron chi connectivity index (χ0n) is 25.3. The van der Waals surface area contributed by atoms with Gasteiger partial charge in [0.15, 0.2) is 0 Å². The van der Waals surface area contributed by atoms with Crippen LogP contribution in [0.5, 0.6) is 0 Å². The molecule has 0 aliphatic heterocycles. The Morgan fingerprint density at radius 3 is 1.94 bits per heavy atom. The number of rotatable bonds is 7. The molecule has 0 fully saturated rings. The summed E-state index contributed by atoms with van der Waals surface area (Å²) in [5.41, 5.74) is 10.6. The van der Waals surface area contributed by atoms with Crippen LogP contribution in [0.3, 0.4) is 0 Å². The standard InChI is InChI=1S/C42H28N4.Pt/c1-5-17-31(18-6-1)35-25-13-14-29-39(35)46-40-30-15-26-36(38-28-16-27-37(43-38)32-19-7-2-8-20-32)41(40)44-42(46)45(33-21-9-3-10-22-33)34-23-11-4-12-24-34;/h1-19,21-23,25-30H;/q-2;+2. The second-order valence-corrected chi connectivity index (χ2v) is 10.9. The smallest absolute Gasteiger partial charge is 0.305 e. The summed E-state index contributed by atoms with van der Waals surface area (Å²) in [4.78, 5) is 12.8. The molecule has 226 valence electrons. The molecular weight excluding hydrogens is 756 g/mol. The van der Waals surface area contributed by atoms with Crippen molar-refractivity contribution in [2.75, 3.05) is 4.90 Å². The molecule has 47 heavy (non-hydrogen) atoms. The molecule has 4 nitrogen and oxygen atoms in total. The Bertz CT molecular complexity index is 2210. The Kier molecular flexibility index (Phi) is 8.60. The van der Waals surface area contributed by atoms with Gasteiger partial charge in [0.05, 0.1) is 16.9 Å². The minimum absolute atomic E-state index is 0. The van der Waals surface area contributed by atoms with Crippen molar-refractivity contribution < 1.29 is 21.1 Å². The predicted octanol–water partition coefficient (Wildman–Crippen LogP) is 10.5. The molecule has 0 amide bonds. The average molecular weight is 784 g/mol. The van der Waals surface area contributed by atoms with E-state index in [-0.39, 0.29) is 21.1 Å². The summed E-state index contributed by atoms with van der Waals surface area (Å²) >= 11 is 0. The Morgan fingerprint density at radius 1 is 0.511 bits per heavy atom. The molecular formula is C42H28N4Pt. The molecule has 8 rings (SSSR count). The van der Waals surface area contributed by atoms with Crippen LogP contribution >= 0.6 is 0 Å². The Hall–Kier alpha value is -5.57. The number of para-hydroxylation sites is 4. The van der Waals surface area contributed by atoms with Crippen LogP contribution in [0, 0.1) is 12.1 Å². The molecule has 0 radical (unpaired) electrons. The van der Waals surface area contributed by atoms with Crippen molar-refractivity contribution in [2.24, 2.45) is 0 Å². The molecule has 0 aliphatic carbocycles. The van der Waals surface area contributed by atoms with Crippen molar-refractivity contribution in [3.8, 4) is 39.3 Å². The molecule has 6 aromatic carbocycles. The van der Waals surface area contributed by atoms with Crippen LogP contribution in [0.4, 0.5) is 17.3 Å². The maximum Gasteiger partial charge on any atom is 2.00 e. The van der Waals surface area contributed by atoms with E-state index in [1.165, 1.54) is 0 Å². The second-order valence-electron chi connectivity index (χ2n) is 10.9. The van der Waals surface area contributed by atoms with Crippen molar-refractivity contribution in [2.45, 2.75) is 0 Å². The summed E-state index contributed by atoms with van der Waals surface area (Å²) in [6, 6.07) is 64.6. The van der Waals surface area contributed by atoms with E-state index in [1.54, 1.807) is 0 Å². The SMILES string of the molecule is [Pt+2].[c-]1ccccc1-c1cccc(-c2cccc3c2nc(N(c2[c-]cccc2)c2ccccc2)n3-c2ccccc2-c2ccccc2)n1. The molecule has 0 unspecified atom stereocenters. The number of benzene rings is 6. The summed E-state index contributed by atoms with van der Waals surface area (Å²) in [5, 5.41) is 0. The number of pyridine rings is 1. The normalized spacial score (nSPS) is 10.8. The molecule has 0 bridgehead atoms. The molecule has 0 saturated carbocycles. The van der Waals surface area contributed by atoms with Crippen LogP contribution in [-0.2, 0) is 21.1 Å². The van der Waals surface area contributed by atoms with Crippen LogP contribution < -0.4 is 4.90 Å². The zero-order chi connectivity index (χ0) is 30.7. The number of aromatic nitrogens is 3. The minimum Gasteiger partial charge on any atom is -0.305 e. The molecule has 5 heteroatoms. The van der Waals surface area contributed by atoms with E-state index in [0.29, 0.717) is 0 Å². The van der Waals surface area contributed by atoms with Gasteiger partial charge in [0.1, 0.15) is 5.52 Å². The minimum atomic E-state index is 0. The van der Waals surface area contributed by atoms with E-state index in [4.69, 9.17) is 9.97 Å². The quantitative estimate of drug-likeness (QED) is 0.151. The summed E-state index contributed by atoms with van der Waals surface area (Å²) in [7, 11) is 0. The number of hydrogen-bond acceptors (Lipinski definition) is 3. The van der Waals surface area contributed by atoms with Crippen molar-refractivity contribution in [1.82, 2.24) is 14.5 Å². The van der Waals surface area contributed by atoms with Gasteiger partial charge in [0, 0.05) is 16.8 Å². The predicted molar refractivity (Wildman–Crippen MR) is 188 cm³/mol. The van der Waals surface area contributed by atoms with E-state index >= 15 is 0 Å². The summed E-state index contributed by atoms with van der Waals surface area (Å²) in [6.07, 6.45) is 0. The van der Waals surface area contributed by atoms with Gasteiger partial charge in [-0.2, -0.15) is 24.3 Å². The molecule has 2 aromatic heterocycles. The van der Waals surface area contributed by atoms with Crippen LogP contribution in [0.25, 0.3) is 50.4 Å². The average Bonchev–Trinajstić information content (AvgIpc) is 3.52. The summed E-state index contributed by atoms with van der Waals surface area (Å²) in [5.74, 6) is 0.757. The first-order chi connectivity index (χ1) is 22.8. The van der Waals surface area contributed by atoms with Gasteiger partial charge in [-0.3, -0.25) is 9.55 Å². The molecule has 2 heterocycles. The Morgan fingerprint density at radius 2 is 1.17 bits per heavy atom. The number of hydrogen-bond donors (Lipinski definition) is 0. The van der Waals surface area contributed by atoms with E-state index in [0.717, 1.165) is 67.7 Å². The number of anilines is 3. The van der Waals surface area contributed by atoms with Gasteiger partial charge in [-0.25, -0.2) is 4.98 Å². The van der Waals surface area contributed by atoms with E-state index in [9.17, 15) is 0 Å². The first kappa shape index (κ1) is 30.1. The van der Waals surface area contributed by atoms with Gasteiger partial charge in [0.25, 0.3) is 0 Å². The first-order valence-electron chi connectivity index (χ1n) is 15.3. The van der Waals surface area contributed by atoms with Crippen molar-refractivity contribution >= 4 is 28.4 Å². The van der Waals surface area contributed by atoms with Crippen LogP contribution in [0.1, 0.15) is 0 Å². The topological polar surface area (TPSA) is 34.0 Å². The van der Waals surface area contributed by atoms with Gasteiger partial charge in [-0.05, 0) is 41.6 Å². The molecule has 0 atom stereocenters. The van der Waals surface area contributed by atoms with E-state index in [1.807, 2.05) is 60.7 Å². The maximum atomic E-state index is 5.48. The van der Waals surface area contributed by atoms with Crippen molar-refractivity contribution in [3.05, 3.63) is 182 Å². The molecule has 0 aliphatic rings. The van der Waals surface area contributed by atoms with Gasteiger partial charge >= 0.3 is 21.1 Å². The van der Waals surface area contributed by atoms with Crippen LogP contribution in [0.15, 0.2) is 170 Å². The molecule has 0 saturated heterocycles. The third kappa shape index (κ3) is 5.80. The fourth-order valence-electron chi connectivity index (χ4n) is 5.96. The number of imidazole rings is 1. The van der Waals surface area contributed by atoms with Crippen LogP contribution in [0.2, 0.25) is 0 Å². The van der Waals surface area contributed by atoms with Gasteiger partial charge < -0.3 is 4.90 Å². The van der Waals surface area contributed by atoms with Crippen molar-refractivity contribution in [1.29, 1.82) is 0 Å². The fraction of sp³-hybridized carbons (Fsp3) is 0. The third-order valence-corrected chi connectivity index (χ3v) is 8.06. The van der Waals surface area contributed by atoms with Gasteiger partial charge in [0.2, 0.25) is 5.95 Å². The van der Waals surface area contributed by atoms with Crippen LogP contribution in [-0.4, -0.2) is 14.5 Å². The summed E-state index contributed by atoms with van der Waals surface area (Å²) < 4.78 is 2.27. The summed E-state index contributed by atoms with van der Waals surface area (Å²) in [6.45, 7) is 0. The molecule has 0 N–H and O–H groups in total. The van der Waals surface area contributed by atoms with E-state index < -0.39 is 0 Å². The molecule has 8 aromatic rings. The van der Waals surface area contributed by atoms with Crippen molar-refractivity contribution in [3.63, 3.8) is 0 Å². The Labute approximate surface area is 288 Å². The third-order valence-electron chi connectivity index (χ3n) is 8.06. The first-order valence-corrected chi connectivity index (χ1v) is 15.3. The fourth-order valence-corrected chi connectivity index (χ4v) is 5.96. The zero-order valence-corrected chi connectivity index (χ0v) is 27.5. The van der Waals surface area contributed by atoms with Gasteiger partial charge in [-0.15, -0.1) is 42.0 Å².